The van der Waals surface area contributed by atoms with Crippen molar-refractivity contribution in [2.75, 3.05) is 5.32 Å². The molecule has 0 bridgehead atoms. The number of rotatable bonds is 3. The molecule has 0 saturated heterocycles. The lowest BCUT2D eigenvalue weighted by molar-refractivity contribution is 0.669. The van der Waals surface area contributed by atoms with Crippen molar-refractivity contribution in [1.29, 1.82) is 0 Å². The molecule has 0 unspecified atom stereocenters. The first-order valence-corrected chi connectivity index (χ1v) is 11.1. The molecule has 7 aromatic rings. The van der Waals surface area contributed by atoms with Crippen molar-refractivity contribution in [3.8, 4) is 5.69 Å². The highest BCUT2D eigenvalue weighted by Gasteiger charge is 2.15. The van der Waals surface area contributed by atoms with Gasteiger partial charge in [0, 0.05) is 44.7 Å². The molecule has 7 rings (SSSR count). The highest BCUT2D eigenvalue weighted by molar-refractivity contribution is 6.15. The van der Waals surface area contributed by atoms with Gasteiger partial charge >= 0.3 is 0 Å². The number of aromatic nitrogens is 1. The summed E-state index contributed by atoms with van der Waals surface area (Å²) in [5.74, 6) is 0. The summed E-state index contributed by atoms with van der Waals surface area (Å²) in [6, 6.07) is 40.1. The minimum absolute atomic E-state index is 0.889. The summed E-state index contributed by atoms with van der Waals surface area (Å²) in [5, 5.41) is 8.38. The van der Waals surface area contributed by atoms with Gasteiger partial charge in [-0.2, -0.15) is 0 Å². The van der Waals surface area contributed by atoms with Crippen LogP contribution in [-0.2, 0) is 0 Å². The van der Waals surface area contributed by atoms with Crippen LogP contribution in [-0.4, -0.2) is 4.57 Å². The van der Waals surface area contributed by atoms with E-state index in [9.17, 15) is 0 Å². The molecule has 0 aliphatic carbocycles. The summed E-state index contributed by atoms with van der Waals surface area (Å²) in [6.45, 7) is 0. The number of nitrogens with zero attached hydrogens (tertiary/aromatic N) is 1. The first-order chi connectivity index (χ1) is 16.4. The van der Waals surface area contributed by atoms with Crippen molar-refractivity contribution in [3.63, 3.8) is 0 Å². The lowest BCUT2D eigenvalue weighted by Crippen LogP contribution is -1.94. The van der Waals surface area contributed by atoms with Crippen LogP contribution in [0.5, 0.6) is 0 Å². The topological polar surface area (TPSA) is 30.1 Å². The van der Waals surface area contributed by atoms with E-state index < -0.39 is 0 Å². The van der Waals surface area contributed by atoms with Gasteiger partial charge in [-0.15, -0.1) is 0 Å². The maximum atomic E-state index is 6.11. The number of anilines is 2. The average Bonchev–Trinajstić information content (AvgIpc) is 3.40. The van der Waals surface area contributed by atoms with Gasteiger partial charge in [-0.3, -0.25) is 0 Å². The Labute approximate surface area is 190 Å². The second-order valence-corrected chi connectivity index (χ2v) is 8.32. The molecule has 0 aliphatic heterocycles. The van der Waals surface area contributed by atoms with E-state index in [1.54, 1.807) is 0 Å². The van der Waals surface area contributed by atoms with Gasteiger partial charge in [0.05, 0.1) is 11.0 Å². The molecule has 0 spiro atoms. The van der Waals surface area contributed by atoms with Crippen molar-refractivity contribution in [2.24, 2.45) is 0 Å². The molecule has 0 amide bonds. The Morgan fingerprint density at radius 2 is 1.27 bits per heavy atom. The van der Waals surface area contributed by atoms with E-state index in [1.165, 1.54) is 21.8 Å². The van der Waals surface area contributed by atoms with Crippen molar-refractivity contribution in [1.82, 2.24) is 4.57 Å². The zero-order valence-corrected chi connectivity index (χ0v) is 17.8. The largest absolute Gasteiger partial charge is 0.456 e. The molecule has 3 heteroatoms. The fourth-order valence-corrected chi connectivity index (χ4v) is 4.94. The standard InChI is InChI=1S/C30H20N2O/c1-2-9-21(10-3-1)32-26-14-6-4-12-24(26)30-25(13-8-15-27(30)32)31-20-17-18-23-22-11-5-7-16-28(22)33-29(23)19-20/h1-19,31H. The molecular formula is C30H20N2O. The van der Waals surface area contributed by atoms with Crippen LogP contribution in [0.3, 0.4) is 0 Å². The molecule has 0 saturated carbocycles. The van der Waals surface area contributed by atoms with Crippen molar-refractivity contribution in [2.45, 2.75) is 0 Å². The summed E-state index contributed by atoms with van der Waals surface area (Å²) in [6.07, 6.45) is 0. The van der Waals surface area contributed by atoms with Crippen molar-refractivity contribution < 1.29 is 4.42 Å². The monoisotopic (exact) mass is 424 g/mol. The van der Waals surface area contributed by atoms with Gasteiger partial charge in [0.2, 0.25) is 0 Å². The number of para-hydroxylation sites is 3. The molecule has 3 nitrogen and oxygen atoms in total. The lowest BCUT2D eigenvalue weighted by Gasteiger charge is -2.10. The van der Waals surface area contributed by atoms with Gasteiger partial charge in [-0.05, 0) is 48.5 Å². The zero-order valence-electron chi connectivity index (χ0n) is 17.8. The Balaban J connectivity index is 1.43. The van der Waals surface area contributed by atoms with Gasteiger partial charge in [0.25, 0.3) is 0 Å². The summed E-state index contributed by atoms with van der Waals surface area (Å²) in [7, 11) is 0. The molecule has 33 heavy (non-hydrogen) atoms. The Morgan fingerprint density at radius 3 is 2.18 bits per heavy atom. The summed E-state index contributed by atoms with van der Waals surface area (Å²) >= 11 is 0. The predicted molar refractivity (Wildman–Crippen MR) is 138 cm³/mol. The third-order valence-corrected chi connectivity index (χ3v) is 6.37. The minimum atomic E-state index is 0.889. The molecule has 0 fully saturated rings. The van der Waals surface area contributed by atoms with E-state index in [0.717, 1.165) is 39.0 Å². The smallest absolute Gasteiger partial charge is 0.137 e. The number of benzene rings is 5. The van der Waals surface area contributed by atoms with Crippen LogP contribution in [0.1, 0.15) is 0 Å². The van der Waals surface area contributed by atoms with Crippen LogP contribution in [0.4, 0.5) is 11.4 Å². The van der Waals surface area contributed by atoms with Gasteiger partial charge in [0.1, 0.15) is 11.2 Å². The second kappa shape index (κ2) is 7.01. The maximum absolute atomic E-state index is 6.11. The lowest BCUT2D eigenvalue weighted by atomic mass is 10.1. The molecule has 0 radical (unpaired) electrons. The normalized spacial score (nSPS) is 11.6. The van der Waals surface area contributed by atoms with Crippen LogP contribution in [0.2, 0.25) is 0 Å². The molecule has 5 aromatic carbocycles. The number of hydrogen-bond donors (Lipinski definition) is 1. The third-order valence-electron chi connectivity index (χ3n) is 6.37. The highest BCUT2D eigenvalue weighted by atomic mass is 16.3. The van der Waals surface area contributed by atoms with Crippen LogP contribution < -0.4 is 5.32 Å². The van der Waals surface area contributed by atoms with Crippen LogP contribution in [0.15, 0.2) is 120 Å². The van der Waals surface area contributed by atoms with Crippen molar-refractivity contribution >= 4 is 55.1 Å². The fraction of sp³-hybridized carbons (Fsp3) is 0. The molecule has 0 atom stereocenters. The number of hydrogen-bond acceptors (Lipinski definition) is 2. The van der Waals surface area contributed by atoms with Crippen LogP contribution in [0.25, 0.3) is 49.4 Å². The average molecular weight is 425 g/mol. The second-order valence-electron chi connectivity index (χ2n) is 8.32. The van der Waals surface area contributed by atoms with E-state index in [0.29, 0.717) is 0 Å². The molecule has 2 aromatic heterocycles. The molecule has 1 N–H and O–H groups in total. The van der Waals surface area contributed by atoms with Gasteiger partial charge in [0.15, 0.2) is 0 Å². The third kappa shape index (κ3) is 2.76. The van der Waals surface area contributed by atoms with Crippen molar-refractivity contribution in [3.05, 3.63) is 115 Å². The summed E-state index contributed by atoms with van der Waals surface area (Å²) < 4.78 is 8.44. The van der Waals surface area contributed by atoms with Gasteiger partial charge in [-0.25, -0.2) is 0 Å². The molecule has 2 heterocycles. The number of nitrogens with one attached hydrogen (secondary N) is 1. The number of fused-ring (bicyclic) bond motifs is 6. The van der Waals surface area contributed by atoms with Gasteiger partial charge < -0.3 is 14.3 Å². The molecule has 156 valence electrons. The molecular weight excluding hydrogens is 404 g/mol. The van der Waals surface area contributed by atoms with E-state index >= 15 is 0 Å². The SMILES string of the molecule is c1ccc(-n2c3ccccc3c3c(Nc4ccc5c(c4)oc4ccccc45)cccc32)cc1. The minimum Gasteiger partial charge on any atom is -0.456 e. The highest BCUT2D eigenvalue weighted by Crippen LogP contribution is 2.38. The Morgan fingerprint density at radius 1 is 0.545 bits per heavy atom. The number of furan rings is 1. The Kier molecular flexibility index (Phi) is 3.84. The Hall–Kier alpha value is -4.50. The van der Waals surface area contributed by atoms with E-state index in [4.69, 9.17) is 4.42 Å². The Bertz CT molecular complexity index is 1790. The fourth-order valence-electron chi connectivity index (χ4n) is 4.94. The first kappa shape index (κ1) is 18.1. The summed E-state index contributed by atoms with van der Waals surface area (Å²) in [4.78, 5) is 0. The zero-order chi connectivity index (χ0) is 21.8. The van der Waals surface area contributed by atoms with E-state index in [-0.39, 0.29) is 0 Å². The molecule has 0 aliphatic rings. The quantitative estimate of drug-likeness (QED) is 0.308. The van der Waals surface area contributed by atoms with Crippen LogP contribution >= 0.6 is 0 Å². The van der Waals surface area contributed by atoms with E-state index in [1.807, 2.05) is 18.2 Å². The van der Waals surface area contributed by atoms with Crippen LogP contribution in [0, 0.1) is 0 Å². The maximum Gasteiger partial charge on any atom is 0.137 e. The summed E-state index contributed by atoms with van der Waals surface area (Å²) in [5.41, 5.74) is 7.42. The van der Waals surface area contributed by atoms with Gasteiger partial charge in [-0.1, -0.05) is 60.7 Å². The van der Waals surface area contributed by atoms with E-state index in [2.05, 4.69) is 107 Å². The predicted octanol–water partition coefficient (Wildman–Crippen LogP) is 8.43. The first-order valence-electron chi connectivity index (χ1n) is 11.1.